The van der Waals surface area contributed by atoms with Crippen molar-refractivity contribution in [3.05, 3.63) is 34.3 Å². The fourth-order valence-electron chi connectivity index (χ4n) is 1.82. The van der Waals surface area contributed by atoms with E-state index in [9.17, 15) is 9.90 Å². The first-order valence-corrected chi connectivity index (χ1v) is 6.98. The quantitative estimate of drug-likeness (QED) is 0.747. The molecule has 0 aliphatic rings. The minimum atomic E-state index is -0.734. The Morgan fingerprint density at radius 3 is 2.78 bits per heavy atom. The Morgan fingerprint density at radius 1 is 1.44 bits per heavy atom. The molecule has 1 aromatic rings. The van der Waals surface area contributed by atoms with Crippen molar-refractivity contribution in [2.45, 2.75) is 26.2 Å². The van der Waals surface area contributed by atoms with E-state index in [0.29, 0.717) is 26.1 Å². The third-order valence-corrected chi connectivity index (χ3v) is 3.59. The molecule has 4 heteroatoms. The zero-order valence-corrected chi connectivity index (χ0v) is 12.1. The highest BCUT2D eigenvalue weighted by atomic mass is 79.9. The van der Waals surface area contributed by atoms with Gasteiger partial charge in [-0.3, -0.25) is 4.79 Å². The van der Waals surface area contributed by atoms with Gasteiger partial charge in [0.1, 0.15) is 0 Å². The second-order valence-electron chi connectivity index (χ2n) is 4.17. The normalized spacial score (nSPS) is 12.3. The molecule has 1 rings (SSSR count). The number of rotatable bonds is 8. The van der Waals surface area contributed by atoms with E-state index in [1.54, 1.807) is 0 Å². The fourth-order valence-corrected chi connectivity index (χ4v) is 2.27. The van der Waals surface area contributed by atoms with Crippen LogP contribution in [0.15, 0.2) is 28.7 Å². The maximum absolute atomic E-state index is 11.2. The van der Waals surface area contributed by atoms with Crippen LogP contribution >= 0.6 is 15.9 Å². The van der Waals surface area contributed by atoms with Crippen LogP contribution in [0.4, 0.5) is 0 Å². The van der Waals surface area contributed by atoms with Gasteiger partial charge in [0.05, 0.1) is 5.92 Å². The molecule has 0 aliphatic carbocycles. The Morgan fingerprint density at radius 2 is 2.17 bits per heavy atom. The summed E-state index contributed by atoms with van der Waals surface area (Å²) in [5.74, 6) is -1.08. The van der Waals surface area contributed by atoms with Crippen LogP contribution in [0.3, 0.4) is 0 Å². The number of benzene rings is 1. The van der Waals surface area contributed by atoms with Crippen molar-refractivity contribution in [1.29, 1.82) is 0 Å². The summed E-state index contributed by atoms with van der Waals surface area (Å²) in [6.45, 7) is 3.26. The number of ether oxygens (including phenoxy) is 1. The lowest BCUT2D eigenvalue weighted by Gasteiger charge is -2.13. The number of aliphatic carboxylic acids is 1. The van der Waals surface area contributed by atoms with Crippen molar-refractivity contribution in [2.24, 2.45) is 5.92 Å². The molecular weight excluding hydrogens is 296 g/mol. The van der Waals surface area contributed by atoms with Crippen LogP contribution in [0.25, 0.3) is 0 Å². The highest BCUT2D eigenvalue weighted by Gasteiger charge is 2.18. The van der Waals surface area contributed by atoms with Gasteiger partial charge in [0.2, 0.25) is 0 Å². The van der Waals surface area contributed by atoms with E-state index in [2.05, 4.69) is 15.9 Å². The summed E-state index contributed by atoms with van der Waals surface area (Å²) >= 11 is 3.45. The van der Waals surface area contributed by atoms with E-state index in [1.165, 1.54) is 0 Å². The summed E-state index contributed by atoms with van der Waals surface area (Å²) in [6.07, 6.45) is 1.99. The van der Waals surface area contributed by atoms with Gasteiger partial charge in [0, 0.05) is 17.7 Å². The highest BCUT2D eigenvalue weighted by Crippen LogP contribution is 2.22. The maximum atomic E-state index is 11.2. The lowest BCUT2D eigenvalue weighted by Crippen LogP contribution is -2.17. The Bertz CT molecular complexity index is 379. The summed E-state index contributed by atoms with van der Waals surface area (Å²) in [4.78, 5) is 11.2. The molecule has 18 heavy (non-hydrogen) atoms. The smallest absolute Gasteiger partial charge is 0.306 e. The molecule has 0 saturated carbocycles. The Labute approximate surface area is 116 Å². The SMILES string of the molecule is CCOCCCC(Cc1ccccc1Br)C(=O)O. The molecule has 0 radical (unpaired) electrons. The second kappa shape index (κ2) is 8.27. The van der Waals surface area contributed by atoms with Crippen LogP contribution in [0.1, 0.15) is 25.3 Å². The molecule has 1 unspecified atom stereocenters. The van der Waals surface area contributed by atoms with Crippen molar-refractivity contribution in [3.8, 4) is 0 Å². The molecule has 0 amide bonds. The first-order valence-electron chi connectivity index (χ1n) is 6.19. The van der Waals surface area contributed by atoms with Gasteiger partial charge in [-0.2, -0.15) is 0 Å². The lowest BCUT2D eigenvalue weighted by atomic mass is 9.95. The van der Waals surface area contributed by atoms with Crippen LogP contribution < -0.4 is 0 Å². The molecule has 1 N–H and O–H groups in total. The third kappa shape index (κ3) is 5.19. The molecule has 0 aromatic heterocycles. The van der Waals surface area contributed by atoms with Gasteiger partial charge < -0.3 is 9.84 Å². The van der Waals surface area contributed by atoms with Crippen LogP contribution in [0.5, 0.6) is 0 Å². The van der Waals surface area contributed by atoms with Gasteiger partial charge in [-0.1, -0.05) is 34.1 Å². The van der Waals surface area contributed by atoms with Gasteiger partial charge in [-0.15, -0.1) is 0 Å². The minimum absolute atomic E-state index is 0.343. The van der Waals surface area contributed by atoms with Crippen molar-refractivity contribution in [2.75, 3.05) is 13.2 Å². The Hall–Kier alpha value is -0.870. The largest absolute Gasteiger partial charge is 0.481 e. The van der Waals surface area contributed by atoms with E-state index in [1.807, 2.05) is 31.2 Å². The number of hydrogen-bond donors (Lipinski definition) is 1. The van der Waals surface area contributed by atoms with Crippen molar-refractivity contribution in [3.63, 3.8) is 0 Å². The maximum Gasteiger partial charge on any atom is 0.306 e. The first-order chi connectivity index (χ1) is 8.65. The molecule has 3 nitrogen and oxygen atoms in total. The average Bonchev–Trinajstić information content (AvgIpc) is 2.35. The summed E-state index contributed by atoms with van der Waals surface area (Å²) in [5.41, 5.74) is 1.04. The van der Waals surface area contributed by atoms with Gasteiger partial charge >= 0.3 is 5.97 Å². The van der Waals surface area contributed by atoms with Crippen molar-refractivity contribution < 1.29 is 14.6 Å². The van der Waals surface area contributed by atoms with Crippen molar-refractivity contribution in [1.82, 2.24) is 0 Å². The standard InChI is InChI=1S/C14H19BrO3/c1-2-18-9-5-7-12(14(16)17)10-11-6-3-4-8-13(11)15/h3-4,6,8,12H,2,5,7,9-10H2,1H3,(H,16,17). The fraction of sp³-hybridized carbons (Fsp3) is 0.500. The summed E-state index contributed by atoms with van der Waals surface area (Å²) in [6, 6.07) is 7.76. The average molecular weight is 315 g/mol. The van der Waals surface area contributed by atoms with Gasteiger partial charge in [-0.25, -0.2) is 0 Å². The topological polar surface area (TPSA) is 46.5 Å². The van der Waals surface area contributed by atoms with E-state index in [4.69, 9.17) is 4.74 Å². The summed E-state index contributed by atoms with van der Waals surface area (Å²) < 4.78 is 6.21. The molecule has 0 fully saturated rings. The second-order valence-corrected chi connectivity index (χ2v) is 5.02. The molecule has 0 heterocycles. The van der Waals surface area contributed by atoms with E-state index in [0.717, 1.165) is 16.5 Å². The molecule has 1 atom stereocenters. The Kier molecular flexibility index (Phi) is 6.98. The number of carbonyl (C=O) groups is 1. The molecule has 0 saturated heterocycles. The molecular formula is C14H19BrO3. The number of carboxylic acid groups (broad SMARTS) is 1. The van der Waals surface area contributed by atoms with Crippen LogP contribution in [0.2, 0.25) is 0 Å². The highest BCUT2D eigenvalue weighted by molar-refractivity contribution is 9.10. The summed E-state index contributed by atoms with van der Waals surface area (Å²) in [5, 5.41) is 9.23. The number of hydrogen-bond acceptors (Lipinski definition) is 2. The molecule has 0 aliphatic heterocycles. The zero-order chi connectivity index (χ0) is 13.4. The van der Waals surface area contributed by atoms with Gasteiger partial charge in [0.25, 0.3) is 0 Å². The third-order valence-electron chi connectivity index (χ3n) is 2.82. The Balaban J connectivity index is 2.53. The van der Waals surface area contributed by atoms with Crippen LogP contribution in [-0.2, 0) is 16.0 Å². The zero-order valence-electron chi connectivity index (χ0n) is 10.6. The monoisotopic (exact) mass is 314 g/mol. The van der Waals surface area contributed by atoms with E-state index in [-0.39, 0.29) is 5.92 Å². The molecule has 0 bridgehead atoms. The van der Waals surface area contributed by atoms with Gasteiger partial charge in [0.15, 0.2) is 0 Å². The van der Waals surface area contributed by atoms with E-state index < -0.39 is 5.97 Å². The molecule has 1 aromatic carbocycles. The van der Waals surface area contributed by atoms with Gasteiger partial charge in [-0.05, 0) is 37.8 Å². The first kappa shape index (κ1) is 15.2. The molecule has 100 valence electrons. The molecule has 0 spiro atoms. The predicted molar refractivity (Wildman–Crippen MR) is 74.7 cm³/mol. The van der Waals surface area contributed by atoms with Crippen molar-refractivity contribution >= 4 is 21.9 Å². The minimum Gasteiger partial charge on any atom is -0.481 e. The number of carboxylic acids is 1. The van der Waals surface area contributed by atoms with Crippen LogP contribution in [-0.4, -0.2) is 24.3 Å². The summed E-state index contributed by atoms with van der Waals surface area (Å²) in [7, 11) is 0. The lowest BCUT2D eigenvalue weighted by molar-refractivity contribution is -0.142. The predicted octanol–water partition coefficient (Wildman–Crippen LogP) is 3.51. The van der Waals surface area contributed by atoms with E-state index >= 15 is 0 Å². The number of halogens is 1. The van der Waals surface area contributed by atoms with Crippen LogP contribution in [0, 0.1) is 5.92 Å².